The van der Waals surface area contributed by atoms with E-state index in [-0.39, 0.29) is 22.1 Å². The van der Waals surface area contributed by atoms with Crippen molar-refractivity contribution < 1.29 is 17.5 Å². The Kier molecular flexibility index (Phi) is 4.72. The lowest BCUT2D eigenvalue weighted by Crippen LogP contribution is -2.06. The molecular formula is C19H16FNO3S. The minimum atomic E-state index is -4.00. The van der Waals surface area contributed by atoms with Crippen LogP contribution in [-0.4, -0.2) is 8.42 Å². The van der Waals surface area contributed by atoms with Crippen molar-refractivity contribution in [2.45, 2.75) is 16.4 Å². The molecule has 0 aliphatic rings. The molecule has 0 saturated heterocycles. The molecule has 3 aromatic carbocycles. The first-order valence-electron chi connectivity index (χ1n) is 7.54. The first-order chi connectivity index (χ1) is 12.0. The van der Waals surface area contributed by atoms with Gasteiger partial charge in [0.25, 0.3) is 0 Å². The molecule has 0 spiro atoms. The van der Waals surface area contributed by atoms with Crippen LogP contribution in [0.15, 0.2) is 82.6 Å². The number of halogens is 1. The van der Waals surface area contributed by atoms with Crippen LogP contribution in [0.5, 0.6) is 5.75 Å². The topological polar surface area (TPSA) is 69.4 Å². The Morgan fingerprint density at radius 1 is 0.920 bits per heavy atom. The van der Waals surface area contributed by atoms with Crippen LogP contribution in [0.3, 0.4) is 0 Å². The average molecular weight is 357 g/mol. The van der Waals surface area contributed by atoms with Gasteiger partial charge in [0.2, 0.25) is 9.84 Å². The van der Waals surface area contributed by atoms with E-state index in [1.54, 1.807) is 0 Å². The highest BCUT2D eigenvalue weighted by atomic mass is 32.2. The van der Waals surface area contributed by atoms with E-state index < -0.39 is 15.7 Å². The Labute approximate surface area is 145 Å². The zero-order valence-electron chi connectivity index (χ0n) is 13.2. The zero-order chi connectivity index (χ0) is 17.9. The van der Waals surface area contributed by atoms with Gasteiger partial charge in [-0.2, -0.15) is 0 Å². The molecule has 3 rings (SSSR count). The second-order valence-corrected chi connectivity index (χ2v) is 7.33. The maximum absolute atomic E-state index is 13.9. The third-order valence-electron chi connectivity index (χ3n) is 3.66. The summed E-state index contributed by atoms with van der Waals surface area (Å²) < 4.78 is 44.8. The van der Waals surface area contributed by atoms with Gasteiger partial charge < -0.3 is 10.5 Å². The highest BCUT2D eigenvalue weighted by Crippen LogP contribution is 2.30. The average Bonchev–Trinajstić information content (AvgIpc) is 2.62. The molecule has 3 aromatic rings. The smallest absolute Gasteiger partial charge is 0.209 e. The number of ether oxygens (including phenoxy) is 1. The number of rotatable bonds is 5. The Morgan fingerprint density at radius 3 is 2.32 bits per heavy atom. The lowest BCUT2D eigenvalue weighted by molar-refractivity contribution is 0.307. The monoisotopic (exact) mass is 357 g/mol. The van der Waals surface area contributed by atoms with Gasteiger partial charge in [0.15, 0.2) is 0 Å². The van der Waals surface area contributed by atoms with Crippen LogP contribution in [0, 0.1) is 5.82 Å². The van der Waals surface area contributed by atoms with Crippen LogP contribution < -0.4 is 10.5 Å². The normalized spacial score (nSPS) is 11.2. The van der Waals surface area contributed by atoms with E-state index in [1.165, 1.54) is 36.4 Å². The van der Waals surface area contributed by atoms with E-state index in [4.69, 9.17) is 10.5 Å². The third-order valence-corrected chi connectivity index (χ3v) is 5.44. The fraction of sp³-hybridized carbons (Fsp3) is 0.0526. The Bertz CT molecular complexity index is 989. The number of benzene rings is 3. The van der Waals surface area contributed by atoms with Gasteiger partial charge in [0.05, 0.1) is 10.6 Å². The molecule has 2 N–H and O–H groups in total. The van der Waals surface area contributed by atoms with Crippen molar-refractivity contribution in [1.29, 1.82) is 0 Å². The summed E-state index contributed by atoms with van der Waals surface area (Å²) in [6.07, 6.45) is 0. The SMILES string of the molecule is Nc1ccc(S(=O)(=O)c2ccccc2F)cc1OCc1ccccc1. The largest absolute Gasteiger partial charge is 0.487 e. The molecule has 4 nitrogen and oxygen atoms in total. The van der Waals surface area contributed by atoms with Crippen molar-refractivity contribution in [1.82, 2.24) is 0 Å². The highest BCUT2D eigenvalue weighted by Gasteiger charge is 2.22. The molecule has 0 unspecified atom stereocenters. The lowest BCUT2D eigenvalue weighted by atomic mass is 10.2. The fourth-order valence-electron chi connectivity index (χ4n) is 2.33. The fourth-order valence-corrected chi connectivity index (χ4v) is 3.68. The van der Waals surface area contributed by atoms with Gasteiger partial charge >= 0.3 is 0 Å². The molecule has 0 amide bonds. The standard InChI is InChI=1S/C19H16FNO3S/c20-16-8-4-5-9-19(16)25(22,23)15-10-11-17(21)18(12-15)24-13-14-6-2-1-3-7-14/h1-12H,13,21H2. The summed E-state index contributed by atoms with van der Waals surface area (Å²) in [5.41, 5.74) is 7.10. The summed E-state index contributed by atoms with van der Waals surface area (Å²) in [4.78, 5) is -0.455. The number of anilines is 1. The zero-order valence-corrected chi connectivity index (χ0v) is 14.0. The molecular weight excluding hydrogens is 341 g/mol. The molecule has 6 heteroatoms. The van der Waals surface area contributed by atoms with Crippen molar-refractivity contribution in [3.05, 3.63) is 84.2 Å². The van der Waals surface area contributed by atoms with Crippen molar-refractivity contribution in [2.75, 3.05) is 5.73 Å². The minimum absolute atomic E-state index is 0.0742. The van der Waals surface area contributed by atoms with Gasteiger partial charge in [-0.05, 0) is 29.8 Å². The van der Waals surface area contributed by atoms with Crippen molar-refractivity contribution in [2.24, 2.45) is 0 Å². The Hall–Kier alpha value is -2.86. The maximum atomic E-state index is 13.9. The van der Waals surface area contributed by atoms with Gasteiger partial charge in [-0.15, -0.1) is 0 Å². The minimum Gasteiger partial charge on any atom is -0.487 e. The van der Waals surface area contributed by atoms with E-state index in [2.05, 4.69) is 0 Å². The molecule has 0 radical (unpaired) electrons. The Balaban J connectivity index is 1.92. The molecule has 25 heavy (non-hydrogen) atoms. The van der Waals surface area contributed by atoms with Gasteiger partial charge in [-0.25, -0.2) is 12.8 Å². The highest BCUT2D eigenvalue weighted by molar-refractivity contribution is 7.91. The van der Waals surface area contributed by atoms with Crippen molar-refractivity contribution >= 4 is 15.5 Å². The maximum Gasteiger partial charge on any atom is 0.209 e. The number of nitrogens with two attached hydrogens (primary N) is 1. The summed E-state index contributed by atoms with van der Waals surface area (Å²) in [5, 5.41) is 0. The molecule has 0 aliphatic carbocycles. The predicted octanol–water partition coefficient (Wildman–Crippen LogP) is 3.82. The van der Waals surface area contributed by atoms with E-state index in [0.29, 0.717) is 5.69 Å². The van der Waals surface area contributed by atoms with Gasteiger partial charge in [-0.1, -0.05) is 42.5 Å². The number of hydrogen-bond donors (Lipinski definition) is 1. The van der Waals surface area contributed by atoms with Gasteiger partial charge in [0.1, 0.15) is 23.1 Å². The molecule has 0 aliphatic heterocycles. The summed E-state index contributed by atoms with van der Waals surface area (Å²) >= 11 is 0. The van der Waals surface area contributed by atoms with E-state index >= 15 is 0 Å². The summed E-state index contributed by atoms with van der Waals surface area (Å²) in [6, 6.07) is 18.8. The molecule has 0 heterocycles. The molecule has 0 aromatic heterocycles. The van der Waals surface area contributed by atoms with Crippen LogP contribution >= 0.6 is 0 Å². The predicted molar refractivity (Wildman–Crippen MR) is 93.5 cm³/mol. The van der Waals surface area contributed by atoms with Crippen LogP contribution in [0.25, 0.3) is 0 Å². The second-order valence-electron chi connectivity index (χ2n) is 5.41. The number of nitrogen functional groups attached to an aromatic ring is 1. The van der Waals surface area contributed by atoms with Crippen LogP contribution in [0.4, 0.5) is 10.1 Å². The second kappa shape index (κ2) is 6.94. The molecule has 0 saturated carbocycles. The third kappa shape index (κ3) is 3.64. The van der Waals surface area contributed by atoms with Gasteiger partial charge in [0, 0.05) is 6.07 Å². The van der Waals surface area contributed by atoms with Crippen LogP contribution in [0.1, 0.15) is 5.56 Å². The number of hydrogen-bond acceptors (Lipinski definition) is 4. The molecule has 0 bridgehead atoms. The van der Waals surface area contributed by atoms with Crippen LogP contribution in [0.2, 0.25) is 0 Å². The van der Waals surface area contributed by atoms with E-state index in [0.717, 1.165) is 11.6 Å². The summed E-state index contributed by atoms with van der Waals surface area (Å²) in [7, 11) is -4.00. The summed E-state index contributed by atoms with van der Waals surface area (Å²) in [6.45, 7) is 0.244. The lowest BCUT2D eigenvalue weighted by Gasteiger charge is -2.12. The number of sulfone groups is 1. The van der Waals surface area contributed by atoms with Crippen molar-refractivity contribution in [3.63, 3.8) is 0 Å². The molecule has 128 valence electrons. The van der Waals surface area contributed by atoms with Gasteiger partial charge in [-0.3, -0.25) is 0 Å². The summed E-state index contributed by atoms with van der Waals surface area (Å²) in [5.74, 6) is -0.563. The first-order valence-corrected chi connectivity index (χ1v) is 9.02. The van der Waals surface area contributed by atoms with E-state index in [1.807, 2.05) is 30.3 Å². The van der Waals surface area contributed by atoms with E-state index in [9.17, 15) is 12.8 Å². The first kappa shape index (κ1) is 17.0. The quantitative estimate of drug-likeness (QED) is 0.705. The van der Waals surface area contributed by atoms with Crippen molar-refractivity contribution in [3.8, 4) is 5.75 Å². The molecule has 0 fully saturated rings. The molecule has 0 atom stereocenters. The Morgan fingerprint density at radius 2 is 1.60 bits per heavy atom. The van der Waals surface area contributed by atoms with Crippen LogP contribution in [-0.2, 0) is 16.4 Å².